The molecule has 3 heterocycles. The Balaban J connectivity index is 1.99. The molecule has 0 bridgehead atoms. The number of aromatic nitrogens is 3. The summed E-state index contributed by atoms with van der Waals surface area (Å²) in [5.74, 6) is 0.556. The number of aryl methyl sites for hydroxylation is 1. The lowest BCUT2D eigenvalue weighted by atomic mass is 10.1. The lowest BCUT2D eigenvalue weighted by Gasteiger charge is -2.25. The first-order valence-electron chi connectivity index (χ1n) is 7.03. The molecule has 1 saturated heterocycles. The van der Waals surface area contributed by atoms with E-state index in [4.69, 9.17) is 0 Å². The number of hydrogen-bond donors (Lipinski definition) is 0. The molecule has 20 heavy (non-hydrogen) atoms. The van der Waals surface area contributed by atoms with E-state index in [1.54, 1.807) is 23.2 Å². The minimum atomic E-state index is -0.00853. The highest BCUT2D eigenvalue weighted by atomic mass is 16.1. The van der Waals surface area contributed by atoms with Crippen LogP contribution in [0.3, 0.4) is 0 Å². The van der Waals surface area contributed by atoms with Gasteiger partial charge in [0.05, 0.1) is 6.04 Å². The molecule has 0 aromatic carbocycles. The Bertz CT molecular complexity index is 638. The molecule has 0 unspecified atom stereocenters. The van der Waals surface area contributed by atoms with E-state index in [-0.39, 0.29) is 11.6 Å². The molecule has 0 spiro atoms. The van der Waals surface area contributed by atoms with Crippen molar-refractivity contribution in [3.8, 4) is 0 Å². The topological polar surface area (TPSA) is 51.0 Å². The molecule has 1 aliphatic heterocycles. The van der Waals surface area contributed by atoms with Gasteiger partial charge in [0.25, 0.3) is 5.56 Å². The van der Waals surface area contributed by atoms with Gasteiger partial charge >= 0.3 is 0 Å². The van der Waals surface area contributed by atoms with Crippen LogP contribution in [0.2, 0.25) is 0 Å². The van der Waals surface area contributed by atoms with Crippen LogP contribution in [0.15, 0.2) is 41.7 Å². The van der Waals surface area contributed by atoms with Crippen molar-refractivity contribution in [2.45, 2.75) is 32.4 Å². The van der Waals surface area contributed by atoms with E-state index in [1.165, 1.54) is 0 Å². The second kappa shape index (κ2) is 5.45. The molecule has 0 N–H and O–H groups in total. The van der Waals surface area contributed by atoms with E-state index in [0.717, 1.165) is 24.9 Å². The van der Waals surface area contributed by atoms with Crippen molar-refractivity contribution in [2.24, 2.45) is 0 Å². The van der Waals surface area contributed by atoms with Gasteiger partial charge in [-0.3, -0.25) is 9.78 Å². The van der Waals surface area contributed by atoms with Crippen molar-refractivity contribution in [3.63, 3.8) is 0 Å². The average molecular weight is 270 g/mol. The molecule has 5 heteroatoms. The summed E-state index contributed by atoms with van der Waals surface area (Å²) in [5.41, 5.74) is 1.14. The molecule has 104 valence electrons. The van der Waals surface area contributed by atoms with Crippen LogP contribution in [0.4, 0.5) is 5.82 Å². The number of pyridine rings is 1. The molecule has 0 amide bonds. The minimum Gasteiger partial charge on any atom is -0.345 e. The zero-order valence-corrected chi connectivity index (χ0v) is 11.6. The summed E-state index contributed by atoms with van der Waals surface area (Å²) in [4.78, 5) is 23.0. The van der Waals surface area contributed by atoms with Crippen molar-refractivity contribution in [2.75, 3.05) is 11.4 Å². The third kappa shape index (κ3) is 2.19. The predicted octanol–water partition coefficient (Wildman–Crippen LogP) is 2.00. The van der Waals surface area contributed by atoms with Gasteiger partial charge in [-0.25, -0.2) is 4.98 Å². The molecule has 2 aromatic heterocycles. The van der Waals surface area contributed by atoms with Crippen LogP contribution in [0.5, 0.6) is 0 Å². The van der Waals surface area contributed by atoms with Gasteiger partial charge in [-0.15, -0.1) is 0 Å². The van der Waals surface area contributed by atoms with Gasteiger partial charge in [0.15, 0.2) is 5.82 Å². The highest BCUT2D eigenvalue weighted by Gasteiger charge is 2.29. The number of anilines is 1. The number of nitrogens with zero attached hydrogens (tertiary/aromatic N) is 4. The first-order valence-corrected chi connectivity index (χ1v) is 7.03. The molecule has 2 aromatic rings. The standard InChI is InChI=1S/C15H18N4O/c1-2-18-10-8-17-14(15(18)20)19-9-4-6-13(19)12-5-3-7-16-11-12/h3,5,7-8,10-11,13H,2,4,6,9H2,1H3/t13-/m0/s1. The van der Waals surface area contributed by atoms with Gasteiger partial charge in [0.1, 0.15) is 0 Å². The van der Waals surface area contributed by atoms with Crippen LogP contribution in [0.25, 0.3) is 0 Å². The number of hydrogen-bond acceptors (Lipinski definition) is 4. The second-order valence-electron chi connectivity index (χ2n) is 4.98. The smallest absolute Gasteiger partial charge is 0.293 e. The Morgan fingerprint density at radius 2 is 2.30 bits per heavy atom. The van der Waals surface area contributed by atoms with Crippen LogP contribution >= 0.6 is 0 Å². The summed E-state index contributed by atoms with van der Waals surface area (Å²) < 4.78 is 1.70. The monoisotopic (exact) mass is 270 g/mol. The van der Waals surface area contributed by atoms with Gasteiger partial charge < -0.3 is 9.47 Å². The fourth-order valence-corrected chi connectivity index (χ4v) is 2.82. The van der Waals surface area contributed by atoms with Crippen LogP contribution < -0.4 is 10.5 Å². The van der Waals surface area contributed by atoms with Crippen LogP contribution in [0, 0.1) is 0 Å². The van der Waals surface area contributed by atoms with Crippen LogP contribution in [0.1, 0.15) is 31.4 Å². The zero-order chi connectivity index (χ0) is 13.9. The van der Waals surface area contributed by atoms with Crippen LogP contribution in [-0.2, 0) is 6.54 Å². The van der Waals surface area contributed by atoms with E-state index in [2.05, 4.69) is 20.9 Å². The minimum absolute atomic E-state index is 0.00853. The first kappa shape index (κ1) is 12.8. The fourth-order valence-electron chi connectivity index (χ4n) is 2.82. The van der Waals surface area contributed by atoms with E-state index >= 15 is 0 Å². The highest BCUT2D eigenvalue weighted by Crippen LogP contribution is 2.33. The van der Waals surface area contributed by atoms with Crippen molar-refractivity contribution >= 4 is 5.82 Å². The summed E-state index contributed by atoms with van der Waals surface area (Å²) in [6, 6.07) is 4.21. The van der Waals surface area contributed by atoms with Crippen molar-refractivity contribution < 1.29 is 0 Å². The maximum absolute atomic E-state index is 12.4. The molecule has 5 nitrogen and oxygen atoms in total. The Labute approximate surface area is 117 Å². The maximum Gasteiger partial charge on any atom is 0.293 e. The molecular formula is C15H18N4O. The Morgan fingerprint density at radius 3 is 3.05 bits per heavy atom. The van der Waals surface area contributed by atoms with Gasteiger partial charge in [0, 0.05) is 37.9 Å². The summed E-state index contributed by atoms with van der Waals surface area (Å²) in [5, 5.41) is 0. The molecule has 1 fully saturated rings. The van der Waals surface area contributed by atoms with Gasteiger partial charge in [-0.1, -0.05) is 6.07 Å². The molecule has 0 saturated carbocycles. The summed E-state index contributed by atoms with van der Waals surface area (Å²) >= 11 is 0. The van der Waals surface area contributed by atoms with E-state index in [1.807, 2.05) is 19.2 Å². The van der Waals surface area contributed by atoms with Gasteiger partial charge in [-0.2, -0.15) is 0 Å². The molecule has 0 aliphatic carbocycles. The molecule has 1 atom stereocenters. The molecule has 1 aliphatic rings. The van der Waals surface area contributed by atoms with Crippen molar-refractivity contribution in [1.82, 2.24) is 14.5 Å². The summed E-state index contributed by atoms with van der Waals surface area (Å²) in [6.07, 6.45) is 9.20. The van der Waals surface area contributed by atoms with E-state index in [9.17, 15) is 4.79 Å². The normalized spacial score (nSPS) is 18.4. The zero-order valence-electron chi connectivity index (χ0n) is 11.6. The van der Waals surface area contributed by atoms with Crippen molar-refractivity contribution in [1.29, 1.82) is 0 Å². The lowest BCUT2D eigenvalue weighted by Crippen LogP contribution is -2.32. The third-order valence-corrected chi connectivity index (χ3v) is 3.83. The summed E-state index contributed by atoms with van der Waals surface area (Å²) in [6.45, 7) is 3.50. The van der Waals surface area contributed by atoms with Crippen molar-refractivity contribution in [3.05, 3.63) is 52.8 Å². The maximum atomic E-state index is 12.4. The van der Waals surface area contributed by atoms with Gasteiger partial charge in [-0.05, 0) is 31.4 Å². The van der Waals surface area contributed by atoms with Gasteiger partial charge in [0.2, 0.25) is 0 Å². The average Bonchev–Trinajstić information content (AvgIpc) is 2.97. The van der Waals surface area contributed by atoms with E-state index < -0.39 is 0 Å². The Hall–Kier alpha value is -2.17. The largest absolute Gasteiger partial charge is 0.345 e. The Kier molecular flexibility index (Phi) is 3.50. The predicted molar refractivity (Wildman–Crippen MR) is 77.7 cm³/mol. The Morgan fingerprint density at radius 1 is 1.40 bits per heavy atom. The van der Waals surface area contributed by atoms with Crippen LogP contribution in [-0.4, -0.2) is 21.1 Å². The SMILES string of the molecule is CCn1ccnc(N2CCC[C@H]2c2cccnc2)c1=O. The third-order valence-electron chi connectivity index (χ3n) is 3.83. The molecular weight excluding hydrogens is 252 g/mol. The second-order valence-corrected chi connectivity index (χ2v) is 4.98. The molecule has 0 radical (unpaired) electrons. The lowest BCUT2D eigenvalue weighted by molar-refractivity contribution is 0.674. The quantitative estimate of drug-likeness (QED) is 0.856. The summed E-state index contributed by atoms with van der Waals surface area (Å²) in [7, 11) is 0. The van der Waals surface area contributed by atoms with E-state index in [0.29, 0.717) is 12.4 Å². The molecule has 3 rings (SSSR count). The number of rotatable bonds is 3. The first-order chi connectivity index (χ1) is 9.81. The fraction of sp³-hybridized carbons (Fsp3) is 0.400. The highest BCUT2D eigenvalue weighted by molar-refractivity contribution is 5.41.